The van der Waals surface area contributed by atoms with Crippen molar-refractivity contribution in [3.8, 4) is 34.4 Å². The molecule has 0 radical (unpaired) electrons. The van der Waals surface area contributed by atoms with E-state index in [-0.39, 0.29) is 36.4 Å². The van der Waals surface area contributed by atoms with Gasteiger partial charge in [0, 0.05) is 105 Å². The number of aromatic nitrogens is 4. The number of benzene rings is 2. The largest absolute Gasteiger partial charge is 0.381 e. The van der Waals surface area contributed by atoms with Crippen LogP contribution in [0.15, 0.2) is 67.0 Å². The SMILES string of the molecule is CN1CCn2c(C3CCOCC3)nc(-c3cccc4cc(-c5ccc(C(=O)NCCC#Cc6cccc7c6CN(C6CCC(=O)NC6=O)C7=O)nc5)ncc34)c2C1. The first-order valence-corrected chi connectivity index (χ1v) is 19.6. The van der Waals surface area contributed by atoms with E-state index in [4.69, 9.17) is 14.7 Å². The van der Waals surface area contributed by atoms with Crippen molar-refractivity contribution in [2.45, 2.75) is 63.7 Å². The first kappa shape index (κ1) is 36.4. The van der Waals surface area contributed by atoms with Crippen molar-refractivity contribution in [1.82, 2.24) is 40.0 Å². The molecule has 7 heterocycles. The minimum atomic E-state index is -0.684. The highest BCUT2D eigenvalue weighted by Gasteiger charge is 2.39. The number of nitrogens with zero attached hydrogens (tertiary/aromatic N) is 6. The first-order valence-electron chi connectivity index (χ1n) is 19.6. The van der Waals surface area contributed by atoms with Crippen molar-refractivity contribution < 1.29 is 23.9 Å². The van der Waals surface area contributed by atoms with E-state index in [1.165, 1.54) is 16.4 Å². The van der Waals surface area contributed by atoms with Crippen LogP contribution in [0.1, 0.15) is 81.5 Å². The number of carbonyl (C=O) groups excluding carboxylic acids is 4. The van der Waals surface area contributed by atoms with Crippen molar-refractivity contribution >= 4 is 34.4 Å². The van der Waals surface area contributed by atoms with E-state index in [1.807, 2.05) is 18.3 Å². The smallest absolute Gasteiger partial charge is 0.269 e. The van der Waals surface area contributed by atoms with Gasteiger partial charge in [0.1, 0.15) is 17.6 Å². The fourth-order valence-corrected chi connectivity index (χ4v) is 8.41. The van der Waals surface area contributed by atoms with E-state index >= 15 is 0 Å². The van der Waals surface area contributed by atoms with Crippen molar-refractivity contribution in [2.75, 3.05) is 33.4 Å². The molecule has 0 saturated carbocycles. The average molecular weight is 763 g/mol. The van der Waals surface area contributed by atoms with Gasteiger partial charge >= 0.3 is 0 Å². The number of carbonyl (C=O) groups is 4. The van der Waals surface area contributed by atoms with Crippen LogP contribution in [0.5, 0.6) is 0 Å². The van der Waals surface area contributed by atoms with Crippen LogP contribution in [-0.4, -0.2) is 92.3 Å². The molecule has 5 aromatic rings. The van der Waals surface area contributed by atoms with Crippen LogP contribution in [0.4, 0.5) is 0 Å². The molecular formula is C44H42N8O5. The molecule has 4 amide bonds. The zero-order valence-corrected chi connectivity index (χ0v) is 31.7. The van der Waals surface area contributed by atoms with Gasteiger partial charge in [-0.2, -0.15) is 0 Å². The second-order valence-corrected chi connectivity index (χ2v) is 15.1. The molecule has 9 rings (SSSR count). The molecule has 0 spiro atoms. The molecule has 0 bridgehead atoms. The second kappa shape index (κ2) is 15.4. The maximum Gasteiger partial charge on any atom is 0.269 e. The van der Waals surface area contributed by atoms with Crippen LogP contribution in [0.2, 0.25) is 0 Å². The second-order valence-electron chi connectivity index (χ2n) is 15.1. The van der Waals surface area contributed by atoms with Crippen LogP contribution in [-0.2, 0) is 34.0 Å². The highest BCUT2D eigenvalue weighted by Crippen LogP contribution is 2.37. The van der Waals surface area contributed by atoms with E-state index in [0.717, 1.165) is 84.5 Å². The summed E-state index contributed by atoms with van der Waals surface area (Å²) < 4.78 is 8.11. The van der Waals surface area contributed by atoms with E-state index in [1.54, 1.807) is 24.4 Å². The number of likely N-dealkylation sites (N-methyl/N-ethyl adjacent to an activating group) is 1. The van der Waals surface area contributed by atoms with Crippen LogP contribution in [0, 0.1) is 11.8 Å². The van der Waals surface area contributed by atoms with Gasteiger partial charge in [-0.3, -0.25) is 39.4 Å². The molecule has 13 heteroatoms. The standard InChI is InChI=1S/C44H42N8O5/c1-50-18-19-51-38(26-50)40(49-41(51)28-15-20-57-21-16-28)31-9-5-8-29-22-36(47-24-33(29)31)30-11-12-35(46-23-30)42(54)45-17-3-2-6-27-7-4-10-32-34(27)25-52(44(32)56)37-13-14-39(53)48-43(37)55/h4-5,7-12,22-24,28,37H,3,13-21,25-26H2,1H3,(H,45,54)(H,48,53,55). The summed E-state index contributed by atoms with van der Waals surface area (Å²) in [5.41, 5.74) is 7.20. The summed E-state index contributed by atoms with van der Waals surface area (Å²) >= 11 is 0. The van der Waals surface area contributed by atoms with Gasteiger partial charge in [-0.25, -0.2) is 4.98 Å². The Hall–Kier alpha value is -6.23. The Balaban J connectivity index is 0.849. The van der Waals surface area contributed by atoms with E-state index in [0.29, 0.717) is 36.4 Å². The molecule has 1 atom stereocenters. The molecule has 4 aliphatic heterocycles. The molecule has 288 valence electrons. The normalized spacial score (nSPS) is 18.5. The Morgan fingerprint density at radius 3 is 2.63 bits per heavy atom. The van der Waals surface area contributed by atoms with Gasteiger partial charge in [0.15, 0.2) is 0 Å². The average Bonchev–Trinajstić information content (AvgIpc) is 3.78. The number of amides is 4. The summed E-state index contributed by atoms with van der Waals surface area (Å²) in [6, 6.07) is 16.6. The van der Waals surface area contributed by atoms with Gasteiger partial charge in [-0.15, -0.1) is 0 Å². The zero-order valence-electron chi connectivity index (χ0n) is 31.7. The molecule has 2 aromatic carbocycles. The molecule has 3 aromatic heterocycles. The number of ether oxygens (including phenoxy) is 1. The van der Waals surface area contributed by atoms with Crippen LogP contribution in [0.3, 0.4) is 0 Å². The number of hydrogen-bond donors (Lipinski definition) is 2. The molecule has 2 fully saturated rings. The van der Waals surface area contributed by atoms with Crippen LogP contribution in [0.25, 0.3) is 33.3 Å². The summed E-state index contributed by atoms with van der Waals surface area (Å²) in [6.07, 6.45) is 6.46. The summed E-state index contributed by atoms with van der Waals surface area (Å²) in [6.45, 7) is 4.90. The third-order valence-electron chi connectivity index (χ3n) is 11.5. The molecule has 2 saturated heterocycles. The topological polar surface area (TPSA) is 152 Å². The monoisotopic (exact) mass is 762 g/mol. The summed E-state index contributed by atoms with van der Waals surface area (Å²) in [5, 5.41) is 7.31. The molecule has 2 N–H and O–H groups in total. The van der Waals surface area contributed by atoms with Crippen LogP contribution < -0.4 is 10.6 Å². The van der Waals surface area contributed by atoms with Gasteiger partial charge < -0.3 is 19.5 Å². The Morgan fingerprint density at radius 2 is 1.81 bits per heavy atom. The number of imide groups is 1. The maximum absolute atomic E-state index is 13.1. The number of pyridine rings is 2. The minimum absolute atomic E-state index is 0.197. The molecule has 57 heavy (non-hydrogen) atoms. The summed E-state index contributed by atoms with van der Waals surface area (Å²) in [5.74, 6) is 6.49. The summed E-state index contributed by atoms with van der Waals surface area (Å²) in [4.78, 5) is 68.6. The third kappa shape index (κ3) is 7.07. The fraction of sp³-hybridized carbons (Fsp3) is 0.341. The van der Waals surface area contributed by atoms with Crippen LogP contribution >= 0.6 is 0 Å². The lowest BCUT2D eigenvalue weighted by Crippen LogP contribution is -2.52. The lowest BCUT2D eigenvalue weighted by atomic mass is 9.99. The van der Waals surface area contributed by atoms with Crippen molar-refractivity contribution in [3.05, 3.63) is 101 Å². The predicted octanol–water partition coefficient (Wildman–Crippen LogP) is 4.43. The highest BCUT2D eigenvalue weighted by molar-refractivity contribution is 6.05. The lowest BCUT2D eigenvalue weighted by molar-refractivity contribution is -0.136. The summed E-state index contributed by atoms with van der Waals surface area (Å²) in [7, 11) is 2.16. The van der Waals surface area contributed by atoms with Crippen molar-refractivity contribution in [3.63, 3.8) is 0 Å². The van der Waals surface area contributed by atoms with E-state index in [9.17, 15) is 19.2 Å². The van der Waals surface area contributed by atoms with Crippen molar-refractivity contribution in [1.29, 1.82) is 0 Å². The Kier molecular flexibility index (Phi) is 9.82. The number of piperidine rings is 1. The first-order chi connectivity index (χ1) is 27.8. The van der Waals surface area contributed by atoms with Gasteiger partial charge in [0.2, 0.25) is 11.8 Å². The third-order valence-corrected chi connectivity index (χ3v) is 11.5. The van der Waals surface area contributed by atoms with Crippen molar-refractivity contribution in [2.24, 2.45) is 0 Å². The number of nitrogens with one attached hydrogen (secondary N) is 2. The Labute approximate surface area is 329 Å². The molecular weight excluding hydrogens is 721 g/mol. The number of fused-ring (bicyclic) bond motifs is 3. The van der Waals surface area contributed by atoms with E-state index < -0.39 is 11.9 Å². The van der Waals surface area contributed by atoms with Gasteiger partial charge in [0.25, 0.3) is 11.8 Å². The highest BCUT2D eigenvalue weighted by atomic mass is 16.5. The molecule has 13 nitrogen and oxygen atoms in total. The number of rotatable bonds is 7. The van der Waals surface area contributed by atoms with Gasteiger partial charge in [-0.1, -0.05) is 36.1 Å². The molecule has 4 aliphatic rings. The predicted molar refractivity (Wildman–Crippen MR) is 212 cm³/mol. The Bertz CT molecular complexity index is 2490. The Morgan fingerprint density at radius 1 is 0.965 bits per heavy atom. The quantitative estimate of drug-likeness (QED) is 0.139. The number of imidazole rings is 1. The number of hydrogen-bond acceptors (Lipinski definition) is 9. The fourth-order valence-electron chi connectivity index (χ4n) is 8.41. The maximum atomic E-state index is 13.1. The van der Waals surface area contributed by atoms with Gasteiger partial charge in [0.05, 0.1) is 17.1 Å². The zero-order chi connectivity index (χ0) is 39.0. The molecule has 0 aliphatic carbocycles. The lowest BCUT2D eigenvalue weighted by Gasteiger charge is -2.29. The van der Waals surface area contributed by atoms with Gasteiger partial charge in [-0.05, 0) is 67.6 Å². The minimum Gasteiger partial charge on any atom is -0.381 e. The van der Waals surface area contributed by atoms with E-state index in [2.05, 4.69) is 68.2 Å². The molecule has 1 unspecified atom stereocenters.